The number of carbonyl (C=O) groups is 1. The summed E-state index contributed by atoms with van der Waals surface area (Å²) in [5.74, 6) is -0.113. The van der Waals surface area contributed by atoms with E-state index in [2.05, 4.69) is 15.4 Å². The molecule has 0 aliphatic rings. The Kier molecular flexibility index (Phi) is 5.38. The number of nitrogens with zero attached hydrogens (tertiary/aromatic N) is 3. The Hall–Kier alpha value is -2.66. The first-order valence-electron chi connectivity index (χ1n) is 8.47. The van der Waals surface area contributed by atoms with Crippen molar-refractivity contribution in [1.82, 2.24) is 20.1 Å². The zero-order valence-electron chi connectivity index (χ0n) is 15.0. The highest BCUT2D eigenvalue weighted by molar-refractivity contribution is 6.33. The van der Waals surface area contributed by atoms with Crippen LogP contribution in [0.2, 0.25) is 5.02 Å². The minimum Gasteiger partial charge on any atom is -0.348 e. The molecule has 1 unspecified atom stereocenters. The zero-order chi connectivity index (χ0) is 18.7. The van der Waals surface area contributed by atoms with Crippen molar-refractivity contribution in [2.24, 2.45) is 0 Å². The van der Waals surface area contributed by atoms with E-state index in [0.29, 0.717) is 22.8 Å². The van der Waals surface area contributed by atoms with E-state index >= 15 is 0 Å². The van der Waals surface area contributed by atoms with Crippen LogP contribution in [-0.4, -0.2) is 26.7 Å². The molecule has 0 fully saturated rings. The van der Waals surface area contributed by atoms with Gasteiger partial charge in [0, 0.05) is 29.1 Å². The van der Waals surface area contributed by atoms with Crippen molar-refractivity contribution in [2.75, 3.05) is 0 Å². The van der Waals surface area contributed by atoms with Gasteiger partial charge in [-0.15, -0.1) is 0 Å². The van der Waals surface area contributed by atoms with Gasteiger partial charge in [0.05, 0.1) is 23.0 Å². The van der Waals surface area contributed by atoms with Crippen LogP contribution >= 0.6 is 11.6 Å². The van der Waals surface area contributed by atoms with Gasteiger partial charge in [0.25, 0.3) is 5.91 Å². The van der Waals surface area contributed by atoms with Gasteiger partial charge in [-0.05, 0) is 51.1 Å². The second-order valence-electron chi connectivity index (χ2n) is 6.39. The second kappa shape index (κ2) is 7.70. The van der Waals surface area contributed by atoms with E-state index in [9.17, 15) is 4.79 Å². The van der Waals surface area contributed by atoms with Crippen LogP contribution in [0.1, 0.15) is 28.7 Å². The van der Waals surface area contributed by atoms with Crippen molar-refractivity contribution in [3.05, 3.63) is 70.6 Å². The first kappa shape index (κ1) is 18.1. The summed E-state index contributed by atoms with van der Waals surface area (Å²) in [6.07, 6.45) is 1.70. The lowest BCUT2D eigenvalue weighted by atomic mass is 10.1. The average Bonchev–Trinajstić information content (AvgIpc) is 2.92. The van der Waals surface area contributed by atoms with E-state index in [0.717, 1.165) is 17.0 Å². The SMILES string of the molecule is Cc1cc(C)n(CC(C)NC(=O)c2ccc(-c3ncccc3Cl)cc2)n1. The maximum Gasteiger partial charge on any atom is 0.251 e. The van der Waals surface area contributed by atoms with Crippen LogP contribution in [0.3, 0.4) is 0 Å². The van der Waals surface area contributed by atoms with E-state index in [1.54, 1.807) is 30.5 Å². The highest BCUT2D eigenvalue weighted by Crippen LogP contribution is 2.25. The Labute approximate surface area is 158 Å². The maximum atomic E-state index is 12.5. The van der Waals surface area contributed by atoms with Gasteiger partial charge in [0.2, 0.25) is 0 Å². The van der Waals surface area contributed by atoms with E-state index < -0.39 is 0 Å². The molecule has 2 aromatic heterocycles. The number of aryl methyl sites for hydroxylation is 2. The molecule has 1 amide bonds. The molecular formula is C20H21ClN4O. The lowest BCUT2D eigenvalue weighted by molar-refractivity contribution is 0.0936. The lowest BCUT2D eigenvalue weighted by Gasteiger charge is -2.15. The van der Waals surface area contributed by atoms with Gasteiger partial charge >= 0.3 is 0 Å². The minimum atomic E-state index is -0.113. The number of rotatable bonds is 5. The van der Waals surface area contributed by atoms with Crippen LogP contribution < -0.4 is 5.32 Å². The molecule has 1 aromatic carbocycles. The Balaban J connectivity index is 1.66. The molecule has 0 saturated heterocycles. The van der Waals surface area contributed by atoms with Crippen molar-refractivity contribution < 1.29 is 4.79 Å². The molecule has 0 saturated carbocycles. The Morgan fingerprint density at radius 3 is 2.58 bits per heavy atom. The summed E-state index contributed by atoms with van der Waals surface area (Å²) >= 11 is 6.17. The molecule has 5 nitrogen and oxygen atoms in total. The number of benzene rings is 1. The molecule has 0 aliphatic heterocycles. The maximum absolute atomic E-state index is 12.5. The molecule has 6 heteroatoms. The van der Waals surface area contributed by atoms with Gasteiger partial charge in [-0.1, -0.05) is 23.7 Å². The quantitative estimate of drug-likeness (QED) is 0.739. The van der Waals surface area contributed by atoms with Gasteiger partial charge in [-0.2, -0.15) is 5.10 Å². The van der Waals surface area contributed by atoms with Crippen LogP contribution in [0.25, 0.3) is 11.3 Å². The lowest BCUT2D eigenvalue weighted by Crippen LogP contribution is -2.36. The zero-order valence-corrected chi connectivity index (χ0v) is 15.8. The van der Waals surface area contributed by atoms with Crippen LogP contribution in [0.15, 0.2) is 48.7 Å². The molecule has 2 heterocycles. The summed E-state index contributed by atoms with van der Waals surface area (Å²) in [6.45, 7) is 6.57. The molecule has 3 aromatic rings. The van der Waals surface area contributed by atoms with E-state index in [1.165, 1.54) is 0 Å². The molecular weight excluding hydrogens is 348 g/mol. The fourth-order valence-electron chi connectivity index (χ4n) is 2.85. The first-order chi connectivity index (χ1) is 12.4. The third-order valence-electron chi connectivity index (χ3n) is 4.11. The number of hydrogen-bond donors (Lipinski definition) is 1. The summed E-state index contributed by atoms with van der Waals surface area (Å²) in [5, 5.41) is 8.03. The molecule has 0 spiro atoms. The number of hydrogen-bond acceptors (Lipinski definition) is 3. The average molecular weight is 369 g/mol. The van der Waals surface area contributed by atoms with Gasteiger partial charge in [0.15, 0.2) is 0 Å². The van der Waals surface area contributed by atoms with Crippen molar-refractivity contribution >= 4 is 17.5 Å². The smallest absolute Gasteiger partial charge is 0.251 e. The summed E-state index contributed by atoms with van der Waals surface area (Å²) < 4.78 is 1.91. The Morgan fingerprint density at radius 1 is 1.23 bits per heavy atom. The largest absolute Gasteiger partial charge is 0.348 e. The van der Waals surface area contributed by atoms with Crippen LogP contribution in [0.4, 0.5) is 0 Å². The van der Waals surface area contributed by atoms with Crippen molar-refractivity contribution in [1.29, 1.82) is 0 Å². The van der Waals surface area contributed by atoms with Crippen molar-refractivity contribution in [2.45, 2.75) is 33.4 Å². The molecule has 1 atom stereocenters. The molecule has 1 N–H and O–H groups in total. The van der Waals surface area contributed by atoms with Crippen LogP contribution in [0, 0.1) is 13.8 Å². The number of halogens is 1. The number of aromatic nitrogens is 3. The first-order valence-corrected chi connectivity index (χ1v) is 8.84. The standard InChI is InChI=1S/C20H21ClN4O/c1-13-11-15(3)25(24-13)12-14(2)23-20(26)17-8-6-16(7-9-17)19-18(21)5-4-10-22-19/h4-11,14H,12H2,1-3H3,(H,23,26). The highest BCUT2D eigenvalue weighted by atomic mass is 35.5. The molecule has 0 bridgehead atoms. The molecule has 3 rings (SSSR count). The number of pyridine rings is 1. The third-order valence-corrected chi connectivity index (χ3v) is 4.41. The predicted octanol–water partition coefficient (Wildman–Crippen LogP) is 4.03. The predicted molar refractivity (Wildman–Crippen MR) is 103 cm³/mol. The molecule has 0 radical (unpaired) electrons. The van der Waals surface area contributed by atoms with Gasteiger partial charge in [-0.25, -0.2) is 0 Å². The fourth-order valence-corrected chi connectivity index (χ4v) is 3.08. The van der Waals surface area contributed by atoms with Crippen LogP contribution in [0.5, 0.6) is 0 Å². The summed E-state index contributed by atoms with van der Waals surface area (Å²) in [7, 11) is 0. The Morgan fingerprint density at radius 2 is 1.96 bits per heavy atom. The number of nitrogens with one attached hydrogen (secondary N) is 1. The highest BCUT2D eigenvalue weighted by Gasteiger charge is 2.13. The molecule has 0 aliphatic carbocycles. The van der Waals surface area contributed by atoms with Gasteiger partial charge in [0.1, 0.15) is 0 Å². The third kappa shape index (κ3) is 4.11. The van der Waals surface area contributed by atoms with Crippen molar-refractivity contribution in [3.8, 4) is 11.3 Å². The number of amides is 1. The number of carbonyl (C=O) groups excluding carboxylic acids is 1. The minimum absolute atomic E-state index is 0.0367. The summed E-state index contributed by atoms with van der Waals surface area (Å²) in [5.41, 5.74) is 4.24. The fraction of sp³-hybridized carbons (Fsp3) is 0.250. The molecule has 26 heavy (non-hydrogen) atoms. The Bertz CT molecular complexity index is 918. The van der Waals surface area contributed by atoms with Crippen molar-refractivity contribution in [3.63, 3.8) is 0 Å². The summed E-state index contributed by atoms with van der Waals surface area (Å²) in [4.78, 5) is 16.8. The van der Waals surface area contributed by atoms with Crippen LogP contribution in [-0.2, 0) is 6.54 Å². The molecule has 134 valence electrons. The van der Waals surface area contributed by atoms with E-state index in [1.807, 2.05) is 43.7 Å². The van der Waals surface area contributed by atoms with Gasteiger partial charge in [-0.3, -0.25) is 14.5 Å². The summed E-state index contributed by atoms with van der Waals surface area (Å²) in [6, 6.07) is 12.9. The van der Waals surface area contributed by atoms with E-state index in [4.69, 9.17) is 11.6 Å². The van der Waals surface area contributed by atoms with Gasteiger partial charge < -0.3 is 5.32 Å². The second-order valence-corrected chi connectivity index (χ2v) is 6.80. The normalized spacial score (nSPS) is 12.0. The van der Waals surface area contributed by atoms with E-state index in [-0.39, 0.29) is 11.9 Å². The monoisotopic (exact) mass is 368 g/mol. The topological polar surface area (TPSA) is 59.8 Å².